The lowest BCUT2D eigenvalue weighted by atomic mass is 9.93. The van der Waals surface area contributed by atoms with Gasteiger partial charge in [0.2, 0.25) is 5.91 Å². The maximum absolute atomic E-state index is 12.6. The number of likely N-dealkylation sites (tertiary alicyclic amines) is 1. The first-order chi connectivity index (χ1) is 14.1. The Hall–Kier alpha value is -2.06. The number of benzene rings is 1. The molecule has 2 heterocycles. The molecule has 5 nitrogen and oxygen atoms in total. The zero-order chi connectivity index (χ0) is 21.9. The Balaban J connectivity index is 1.47. The van der Waals surface area contributed by atoms with Crippen LogP contribution in [0.3, 0.4) is 0 Å². The largest absolute Gasteiger partial charge is 0.416 e. The maximum atomic E-state index is 12.6. The summed E-state index contributed by atoms with van der Waals surface area (Å²) in [6, 6.07) is 4.51. The Morgan fingerprint density at radius 3 is 2.60 bits per heavy atom. The normalized spacial score (nSPS) is 17.9. The lowest BCUT2D eigenvalue weighted by Gasteiger charge is -2.32. The first-order valence-corrected chi connectivity index (χ1v) is 10.4. The zero-order valence-electron chi connectivity index (χ0n) is 17.1. The Morgan fingerprint density at radius 1 is 1.30 bits per heavy atom. The van der Waals surface area contributed by atoms with Gasteiger partial charge in [0, 0.05) is 37.8 Å². The SMILES string of the molecule is Cc1nn(C)c(Cl)c1CN1CCC[C@H](CCC(=O)Nc2ccc(C(F)(F)F)cc2)C1. The monoisotopic (exact) mass is 442 g/mol. The molecule has 0 aliphatic carbocycles. The number of anilines is 1. The van der Waals surface area contributed by atoms with Crippen LogP contribution in [-0.4, -0.2) is 33.7 Å². The average Bonchev–Trinajstić information content (AvgIpc) is 2.92. The fourth-order valence-electron chi connectivity index (χ4n) is 3.91. The average molecular weight is 443 g/mol. The third kappa shape index (κ3) is 5.76. The number of carbonyl (C=O) groups is 1. The van der Waals surface area contributed by atoms with Gasteiger partial charge in [-0.15, -0.1) is 0 Å². The Labute approximate surface area is 179 Å². The zero-order valence-corrected chi connectivity index (χ0v) is 17.9. The number of aromatic nitrogens is 2. The Morgan fingerprint density at radius 2 is 2.00 bits per heavy atom. The summed E-state index contributed by atoms with van der Waals surface area (Å²) < 4.78 is 39.5. The number of nitrogens with one attached hydrogen (secondary N) is 1. The van der Waals surface area contributed by atoms with Crippen LogP contribution in [0.15, 0.2) is 24.3 Å². The molecule has 3 rings (SSSR count). The van der Waals surface area contributed by atoms with Gasteiger partial charge in [-0.05, 0) is 62.9 Å². The minimum absolute atomic E-state index is 0.182. The topological polar surface area (TPSA) is 50.2 Å². The van der Waals surface area contributed by atoms with Crippen molar-refractivity contribution in [1.29, 1.82) is 0 Å². The van der Waals surface area contributed by atoms with Gasteiger partial charge < -0.3 is 5.32 Å². The van der Waals surface area contributed by atoms with Crippen LogP contribution in [-0.2, 0) is 24.6 Å². The molecule has 2 aromatic rings. The van der Waals surface area contributed by atoms with Crippen LogP contribution in [0.2, 0.25) is 5.15 Å². The van der Waals surface area contributed by atoms with E-state index < -0.39 is 11.7 Å². The third-order valence-electron chi connectivity index (χ3n) is 5.53. The fourth-order valence-corrected chi connectivity index (χ4v) is 4.14. The molecule has 9 heteroatoms. The summed E-state index contributed by atoms with van der Waals surface area (Å²) in [5.74, 6) is 0.214. The number of halogens is 4. The number of hydrogen-bond donors (Lipinski definition) is 1. The smallest absolute Gasteiger partial charge is 0.326 e. The number of aryl methyl sites for hydroxylation is 2. The van der Waals surface area contributed by atoms with E-state index in [1.807, 2.05) is 14.0 Å². The van der Waals surface area contributed by atoms with Gasteiger partial charge in [0.1, 0.15) is 5.15 Å². The predicted molar refractivity (Wildman–Crippen MR) is 110 cm³/mol. The Bertz CT molecular complexity index is 880. The number of nitrogens with zero attached hydrogens (tertiary/aromatic N) is 3. The van der Waals surface area contributed by atoms with Gasteiger partial charge in [0.15, 0.2) is 0 Å². The van der Waals surface area contributed by atoms with Crippen LogP contribution in [0, 0.1) is 12.8 Å². The number of amides is 1. The standard InChI is InChI=1S/C21H26ClF3N4O/c1-14-18(20(22)28(2)27-14)13-29-11-3-4-15(12-29)5-10-19(30)26-17-8-6-16(7-9-17)21(23,24)25/h6-9,15H,3-5,10-13H2,1-2H3,(H,26,30)/t15-/m1/s1. The summed E-state index contributed by atoms with van der Waals surface area (Å²) in [6.45, 7) is 4.57. The molecule has 1 atom stereocenters. The van der Waals surface area contributed by atoms with Crippen molar-refractivity contribution in [3.8, 4) is 0 Å². The molecule has 164 valence electrons. The summed E-state index contributed by atoms with van der Waals surface area (Å²) >= 11 is 6.34. The van der Waals surface area contributed by atoms with Crippen LogP contribution >= 0.6 is 11.6 Å². The lowest BCUT2D eigenvalue weighted by Crippen LogP contribution is -2.35. The summed E-state index contributed by atoms with van der Waals surface area (Å²) in [4.78, 5) is 14.6. The molecular weight excluding hydrogens is 417 g/mol. The van der Waals surface area contributed by atoms with E-state index in [2.05, 4.69) is 15.3 Å². The molecule has 1 aromatic carbocycles. The molecule has 0 radical (unpaired) electrons. The molecule has 1 aliphatic rings. The molecule has 0 bridgehead atoms. The summed E-state index contributed by atoms with van der Waals surface area (Å²) in [7, 11) is 1.83. The number of rotatable bonds is 6. The fraction of sp³-hybridized carbons (Fsp3) is 0.524. The summed E-state index contributed by atoms with van der Waals surface area (Å²) in [5.41, 5.74) is 1.62. The van der Waals surface area contributed by atoms with Crippen LogP contribution in [0.5, 0.6) is 0 Å². The van der Waals surface area contributed by atoms with E-state index in [-0.39, 0.29) is 5.91 Å². The molecule has 1 N–H and O–H groups in total. The van der Waals surface area contributed by atoms with Crippen molar-refractivity contribution in [1.82, 2.24) is 14.7 Å². The highest BCUT2D eigenvalue weighted by Gasteiger charge is 2.30. The first-order valence-electron chi connectivity index (χ1n) is 10.0. The third-order valence-corrected chi connectivity index (χ3v) is 6.00. The summed E-state index contributed by atoms with van der Waals surface area (Å²) in [5, 5.41) is 7.69. The number of piperidine rings is 1. The van der Waals surface area contributed by atoms with Crippen molar-refractivity contribution in [2.45, 2.75) is 45.3 Å². The van der Waals surface area contributed by atoms with Crippen molar-refractivity contribution in [2.24, 2.45) is 13.0 Å². The van der Waals surface area contributed by atoms with Crippen LogP contribution in [0.25, 0.3) is 0 Å². The highest BCUT2D eigenvalue weighted by atomic mass is 35.5. The lowest BCUT2D eigenvalue weighted by molar-refractivity contribution is -0.137. The van der Waals surface area contributed by atoms with Crippen LogP contribution in [0.1, 0.15) is 42.5 Å². The van der Waals surface area contributed by atoms with E-state index in [9.17, 15) is 18.0 Å². The van der Waals surface area contributed by atoms with Crippen LogP contribution < -0.4 is 5.32 Å². The Kier molecular flexibility index (Phi) is 7.08. The minimum atomic E-state index is -4.38. The van der Waals surface area contributed by atoms with Crippen LogP contribution in [0.4, 0.5) is 18.9 Å². The molecule has 0 spiro atoms. The molecule has 0 saturated carbocycles. The first kappa shape index (κ1) is 22.6. The highest BCUT2D eigenvalue weighted by Crippen LogP contribution is 2.30. The van der Waals surface area contributed by atoms with Gasteiger partial charge in [-0.25, -0.2) is 0 Å². The van der Waals surface area contributed by atoms with Crippen molar-refractivity contribution in [3.05, 3.63) is 46.2 Å². The molecular formula is C21H26ClF3N4O. The van der Waals surface area contributed by atoms with Gasteiger partial charge >= 0.3 is 6.18 Å². The quantitative estimate of drug-likeness (QED) is 0.682. The molecule has 1 amide bonds. The predicted octanol–water partition coefficient (Wildman–Crippen LogP) is 5.03. The van der Waals surface area contributed by atoms with E-state index in [4.69, 9.17) is 11.6 Å². The van der Waals surface area contributed by atoms with Crippen molar-refractivity contribution < 1.29 is 18.0 Å². The number of carbonyl (C=O) groups excluding carboxylic acids is 1. The second kappa shape index (κ2) is 9.39. The van der Waals surface area contributed by atoms with E-state index in [0.717, 1.165) is 62.3 Å². The van der Waals surface area contributed by atoms with Gasteiger partial charge in [0.25, 0.3) is 0 Å². The van der Waals surface area contributed by atoms with E-state index in [1.165, 1.54) is 12.1 Å². The molecule has 1 saturated heterocycles. The van der Waals surface area contributed by atoms with Gasteiger partial charge in [-0.3, -0.25) is 14.4 Å². The van der Waals surface area contributed by atoms with Gasteiger partial charge in [-0.1, -0.05) is 11.6 Å². The number of hydrogen-bond acceptors (Lipinski definition) is 3. The molecule has 30 heavy (non-hydrogen) atoms. The van der Waals surface area contributed by atoms with E-state index >= 15 is 0 Å². The summed E-state index contributed by atoms with van der Waals surface area (Å²) in [6.07, 6.45) is -1.19. The van der Waals surface area contributed by atoms with Gasteiger partial charge in [-0.2, -0.15) is 18.3 Å². The van der Waals surface area contributed by atoms with Gasteiger partial charge in [0.05, 0.1) is 11.3 Å². The second-order valence-electron chi connectivity index (χ2n) is 7.88. The molecule has 1 aliphatic heterocycles. The van der Waals surface area contributed by atoms with Crippen molar-refractivity contribution in [2.75, 3.05) is 18.4 Å². The highest BCUT2D eigenvalue weighted by molar-refractivity contribution is 6.30. The molecule has 1 aromatic heterocycles. The molecule has 1 fully saturated rings. The number of alkyl halides is 3. The molecule has 0 unspecified atom stereocenters. The van der Waals surface area contributed by atoms with E-state index in [0.29, 0.717) is 23.2 Å². The van der Waals surface area contributed by atoms with Crippen molar-refractivity contribution in [3.63, 3.8) is 0 Å². The maximum Gasteiger partial charge on any atom is 0.416 e. The van der Waals surface area contributed by atoms with Crippen molar-refractivity contribution >= 4 is 23.2 Å². The minimum Gasteiger partial charge on any atom is -0.326 e. The second-order valence-corrected chi connectivity index (χ2v) is 8.24. The van der Waals surface area contributed by atoms with E-state index in [1.54, 1.807) is 4.68 Å².